The number of tetrazole rings is 1. The Morgan fingerprint density at radius 1 is 1.25 bits per heavy atom. The predicted molar refractivity (Wildman–Crippen MR) is 81.1 cm³/mol. The van der Waals surface area contributed by atoms with Crippen molar-refractivity contribution in [3.05, 3.63) is 24.3 Å². The summed E-state index contributed by atoms with van der Waals surface area (Å²) in [5.41, 5.74) is 7.52. The van der Waals surface area contributed by atoms with Crippen LogP contribution in [-0.4, -0.2) is 20.2 Å². The van der Waals surface area contributed by atoms with Gasteiger partial charge in [-0.1, -0.05) is 44.7 Å². The van der Waals surface area contributed by atoms with Crippen LogP contribution in [-0.2, 0) is 0 Å². The topological polar surface area (TPSA) is 69.6 Å². The second kappa shape index (κ2) is 7.03. The lowest BCUT2D eigenvalue weighted by Gasteiger charge is -2.13. The average molecular weight is 273 g/mol. The normalized spacial score (nSPS) is 12.5. The van der Waals surface area contributed by atoms with Gasteiger partial charge in [-0.3, -0.25) is 0 Å². The molecule has 5 heteroatoms. The molecular formula is C15H23N5. The molecule has 0 saturated heterocycles. The Morgan fingerprint density at radius 3 is 2.85 bits per heavy atom. The number of anilines is 1. The molecule has 1 atom stereocenters. The second-order valence-corrected chi connectivity index (χ2v) is 5.27. The molecule has 0 aliphatic rings. The van der Waals surface area contributed by atoms with Gasteiger partial charge in [0.25, 0.3) is 0 Å². The van der Waals surface area contributed by atoms with E-state index >= 15 is 0 Å². The highest BCUT2D eigenvalue weighted by Gasteiger charge is 2.14. The number of nitrogens with two attached hydrogens (primary N) is 1. The lowest BCUT2D eigenvalue weighted by molar-refractivity contribution is 0.430. The maximum Gasteiger partial charge on any atom is 0.182 e. The molecule has 1 aromatic carbocycles. The van der Waals surface area contributed by atoms with Crippen LogP contribution in [0.5, 0.6) is 0 Å². The maximum absolute atomic E-state index is 5.83. The van der Waals surface area contributed by atoms with Gasteiger partial charge in [0.15, 0.2) is 5.82 Å². The largest absolute Gasteiger partial charge is 0.399 e. The summed E-state index contributed by atoms with van der Waals surface area (Å²) >= 11 is 0. The molecule has 108 valence electrons. The van der Waals surface area contributed by atoms with Crippen molar-refractivity contribution in [2.45, 2.75) is 52.0 Å². The van der Waals surface area contributed by atoms with Crippen LogP contribution in [0.15, 0.2) is 24.3 Å². The van der Waals surface area contributed by atoms with Crippen LogP contribution in [0.1, 0.15) is 52.0 Å². The van der Waals surface area contributed by atoms with Gasteiger partial charge >= 0.3 is 0 Å². The summed E-state index contributed by atoms with van der Waals surface area (Å²) in [5, 5.41) is 12.1. The van der Waals surface area contributed by atoms with E-state index in [2.05, 4.69) is 29.4 Å². The minimum Gasteiger partial charge on any atom is -0.399 e. The first-order valence-electron chi connectivity index (χ1n) is 7.36. The second-order valence-electron chi connectivity index (χ2n) is 5.27. The highest BCUT2D eigenvalue weighted by atomic mass is 15.5. The molecule has 0 spiro atoms. The summed E-state index contributed by atoms with van der Waals surface area (Å²) in [7, 11) is 0. The molecule has 2 rings (SSSR count). The third kappa shape index (κ3) is 3.56. The first kappa shape index (κ1) is 14.5. The summed E-state index contributed by atoms with van der Waals surface area (Å²) in [6.45, 7) is 4.39. The highest BCUT2D eigenvalue weighted by molar-refractivity contribution is 5.60. The average Bonchev–Trinajstić information content (AvgIpc) is 2.93. The molecule has 0 bridgehead atoms. The fourth-order valence-corrected chi connectivity index (χ4v) is 2.35. The maximum atomic E-state index is 5.83. The quantitative estimate of drug-likeness (QED) is 0.619. The number of benzene rings is 1. The van der Waals surface area contributed by atoms with E-state index in [4.69, 9.17) is 5.73 Å². The zero-order valence-electron chi connectivity index (χ0n) is 12.3. The molecule has 1 heterocycles. The molecule has 0 amide bonds. The fourth-order valence-electron chi connectivity index (χ4n) is 2.35. The van der Waals surface area contributed by atoms with Crippen molar-refractivity contribution < 1.29 is 0 Å². The predicted octanol–water partition coefficient (Wildman–Crippen LogP) is 3.45. The minimum absolute atomic E-state index is 0.304. The van der Waals surface area contributed by atoms with Crippen LogP contribution >= 0.6 is 0 Å². The van der Waals surface area contributed by atoms with Crippen molar-refractivity contribution in [2.24, 2.45) is 0 Å². The van der Waals surface area contributed by atoms with E-state index in [1.165, 1.54) is 25.7 Å². The van der Waals surface area contributed by atoms with Crippen LogP contribution in [0, 0.1) is 0 Å². The van der Waals surface area contributed by atoms with Gasteiger partial charge in [-0.15, -0.1) is 5.10 Å². The minimum atomic E-state index is 0.304. The molecule has 0 radical (unpaired) electrons. The number of nitrogen functional groups attached to an aromatic ring is 1. The Balaban J connectivity index is 2.08. The smallest absolute Gasteiger partial charge is 0.182 e. The first-order valence-corrected chi connectivity index (χ1v) is 7.36. The molecule has 0 saturated carbocycles. The lowest BCUT2D eigenvalue weighted by Crippen LogP contribution is -2.09. The first-order chi connectivity index (χ1) is 9.72. The van der Waals surface area contributed by atoms with Crippen molar-refractivity contribution in [3.63, 3.8) is 0 Å². The number of unbranched alkanes of at least 4 members (excludes halogenated alkanes) is 3. The van der Waals surface area contributed by atoms with Crippen molar-refractivity contribution in [2.75, 3.05) is 5.73 Å². The van der Waals surface area contributed by atoms with Gasteiger partial charge in [0.1, 0.15) is 0 Å². The van der Waals surface area contributed by atoms with Gasteiger partial charge in [0.2, 0.25) is 0 Å². The molecule has 2 N–H and O–H groups in total. The van der Waals surface area contributed by atoms with Crippen LogP contribution in [0.3, 0.4) is 0 Å². The summed E-state index contributed by atoms with van der Waals surface area (Å²) in [5.74, 6) is 0.792. The Morgan fingerprint density at radius 2 is 2.10 bits per heavy atom. The molecule has 0 aliphatic carbocycles. The summed E-state index contributed by atoms with van der Waals surface area (Å²) < 4.78 is 1.90. The van der Waals surface area contributed by atoms with E-state index in [0.29, 0.717) is 6.04 Å². The van der Waals surface area contributed by atoms with Gasteiger partial charge in [-0.2, -0.15) is 0 Å². The van der Waals surface area contributed by atoms with Crippen molar-refractivity contribution in [3.8, 4) is 11.4 Å². The summed E-state index contributed by atoms with van der Waals surface area (Å²) in [4.78, 5) is 0. The third-order valence-electron chi connectivity index (χ3n) is 3.53. The highest BCUT2D eigenvalue weighted by Crippen LogP contribution is 2.23. The van der Waals surface area contributed by atoms with Crippen LogP contribution in [0.25, 0.3) is 11.4 Å². The van der Waals surface area contributed by atoms with E-state index in [1.807, 2.05) is 28.9 Å². The van der Waals surface area contributed by atoms with Gasteiger partial charge in [-0.05, 0) is 35.9 Å². The molecule has 1 unspecified atom stereocenters. The molecule has 5 nitrogen and oxygen atoms in total. The zero-order chi connectivity index (χ0) is 14.4. The fraction of sp³-hybridized carbons (Fsp3) is 0.533. The summed E-state index contributed by atoms with van der Waals surface area (Å²) in [6.07, 6.45) is 6.14. The van der Waals surface area contributed by atoms with E-state index in [-0.39, 0.29) is 0 Å². The molecule has 0 fully saturated rings. The van der Waals surface area contributed by atoms with Crippen molar-refractivity contribution in [1.82, 2.24) is 20.2 Å². The molecule has 1 aromatic heterocycles. The summed E-state index contributed by atoms with van der Waals surface area (Å²) in [6, 6.07) is 7.99. The Hall–Kier alpha value is -1.91. The molecule has 2 aromatic rings. The van der Waals surface area contributed by atoms with Gasteiger partial charge in [0, 0.05) is 11.3 Å². The Bertz CT molecular complexity index is 535. The number of aromatic nitrogens is 4. The Labute approximate surface area is 120 Å². The van der Waals surface area contributed by atoms with Crippen molar-refractivity contribution >= 4 is 5.69 Å². The van der Waals surface area contributed by atoms with E-state index in [1.54, 1.807) is 0 Å². The monoisotopic (exact) mass is 273 g/mol. The number of nitrogens with zero attached hydrogens (tertiary/aromatic N) is 4. The third-order valence-corrected chi connectivity index (χ3v) is 3.53. The Kier molecular flexibility index (Phi) is 5.09. The van der Waals surface area contributed by atoms with Crippen molar-refractivity contribution in [1.29, 1.82) is 0 Å². The molecule has 0 aliphatic heterocycles. The number of rotatable bonds is 7. The van der Waals surface area contributed by atoms with E-state index < -0.39 is 0 Å². The van der Waals surface area contributed by atoms with E-state index in [0.717, 1.165) is 23.5 Å². The number of hydrogen-bond donors (Lipinski definition) is 1. The lowest BCUT2D eigenvalue weighted by atomic mass is 10.1. The van der Waals surface area contributed by atoms with Crippen LogP contribution in [0.4, 0.5) is 5.69 Å². The van der Waals surface area contributed by atoms with E-state index in [9.17, 15) is 0 Å². The molecular weight excluding hydrogens is 250 g/mol. The van der Waals surface area contributed by atoms with Gasteiger partial charge in [-0.25, -0.2) is 4.68 Å². The number of hydrogen-bond acceptors (Lipinski definition) is 4. The van der Waals surface area contributed by atoms with Crippen LogP contribution < -0.4 is 5.73 Å². The van der Waals surface area contributed by atoms with Gasteiger partial charge < -0.3 is 5.73 Å². The zero-order valence-corrected chi connectivity index (χ0v) is 12.3. The molecule has 20 heavy (non-hydrogen) atoms. The van der Waals surface area contributed by atoms with Gasteiger partial charge in [0.05, 0.1) is 6.04 Å². The van der Waals surface area contributed by atoms with Crippen LogP contribution in [0.2, 0.25) is 0 Å². The SMILES string of the molecule is CCCCCCC(C)n1nnnc1-c1cccc(N)c1. The standard InChI is InChI=1S/C15H23N5/c1-3-4-5-6-8-12(2)20-15(17-18-19-20)13-9-7-10-14(16)11-13/h7,9-12H,3-6,8,16H2,1-2H3.